The zero-order valence-electron chi connectivity index (χ0n) is 24.5. The van der Waals surface area contributed by atoms with Crippen molar-refractivity contribution in [3.05, 3.63) is 71.8 Å². The largest absolute Gasteiger partial charge is 0.407 e. The van der Waals surface area contributed by atoms with Crippen LogP contribution in [0.2, 0.25) is 5.04 Å². The van der Waals surface area contributed by atoms with Crippen molar-refractivity contribution in [2.24, 2.45) is 16.7 Å². The SMILES string of the molecule is CC(C)C1=C2C(=O)[C@](C)(C(=O)CCCO[Si](c3ccccc3)(c3ccccc3)C(C)(C)C)CC[C@@]2(C)CC1. The van der Waals surface area contributed by atoms with Crippen molar-refractivity contribution >= 4 is 30.3 Å². The molecule has 0 amide bonds. The summed E-state index contributed by atoms with van der Waals surface area (Å²) in [7, 11) is -2.63. The molecule has 2 atom stereocenters. The molecule has 0 bridgehead atoms. The highest BCUT2D eigenvalue weighted by molar-refractivity contribution is 6.99. The van der Waals surface area contributed by atoms with E-state index in [0.29, 0.717) is 31.8 Å². The molecular weight excluding hydrogens is 484 g/mol. The summed E-state index contributed by atoms with van der Waals surface area (Å²) in [5, 5.41) is 2.39. The molecule has 0 heterocycles. The van der Waals surface area contributed by atoms with Crippen LogP contribution >= 0.6 is 0 Å². The third-order valence-electron chi connectivity index (χ3n) is 9.37. The molecule has 1 fully saturated rings. The lowest BCUT2D eigenvalue weighted by Gasteiger charge is -2.43. The first-order valence-corrected chi connectivity index (χ1v) is 16.3. The number of Topliss-reactive ketones (excluding diaryl/α,β-unsaturated/α-hetero) is 2. The number of hydrogen-bond donors (Lipinski definition) is 0. The summed E-state index contributed by atoms with van der Waals surface area (Å²) in [5.41, 5.74) is 1.31. The normalized spacial score (nSPS) is 24.2. The predicted octanol–water partition coefficient (Wildman–Crippen LogP) is 7.03. The molecule has 0 radical (unpaired) electrons. The lowest BCUT2D eigenvalue weighted by Crippen LogP contribution is -2.66. The number of fused-ring (bicyclic) bond motifs is 1. The third-order valence-corrected chi connectivity index (χ3v) is 14.4. The maximum atomic E-state index is 13.9. The smallest absolute Gasteiger partial charge is 0.261 e. The molecule has 1 saturated carbocycles. The van der Waals surface area contributed by atoms with Crippen LogP contribution in [0.3, 0.4) is 0 Å². The van der Waals surface area contributed by atoms with Gasteiger partial charge in [-0.05, 0) is 65.8 Å². The highest BCUT2D eigenvalue weighted by Gasteiger charge is 2.54. The Labute approximate surface area is 231 Å². The zero-order valence-corrected chi connectivity index (χ0v) is 25.5. The van der Waals surface area contributed by atoms with Gasteiger partial charge in [0.2, 0.25) is 0 Å². The molecule has 2 aliphatic rings. The number of carbonyl (C=O) groups excluding carboxylic acids is 2. The van der Waals surface area contributed by atoms with Gasteiger partial charge in [-0.2, -0.15) is 0 Å². The molecule has 2 aromatic rings. The molecule has 3 nitrogen and oxygen atoms in total. The average Bonchev–Trinajstić information content (AvgIpc) is 3.25. The summed E-state index contributed by atoms with van der Waals surface area (Å²) in [6.45, 7) is 15.8. The second kappa shape index (κ2) is 10.7. The van der Waals surface area contributed by atoms with Crippen LogP contribution in [0, 0.1) is 16.7 Å². The second-order valence-corrected chi connectivity index (χ2v) is 17.6. The fraction of sp³-hybridized carbons (Fsp3) is 0.529. The van der Waals surface area contributed by atoms with Crippen molar-refractivity contribution < 1.29 is 14.0 Å². The maximum Gasteiger partial charge on any atom is 0.261 e. The Morgan fingerprint density at radius 1 is 0.921 bits per heavy atom. The molecule has 38 heavy (non-hydrogen) atoms. The van der Waals surface area contributed by atoms with Crippen molar-refractivity contribution in [2.75, 3.05) is 6.61 Å². The molecule has 0 saturated heterocycles. The zero-order chi connectivity index (χ0) is 27.8. The van der Waals surface area contributed by atoms with Crippen molar-refractivity contribution in [1.82, 2.24) is 0 Å². The van der Waals surface area contributed by atoms with E-state index >= 15 is 0 Å². The minimum Gasteiger partial charge on any atom is -0.407 e. The summed E-state index contributed by atoms with van der Waals surface area (Å²) >= 11 is 0. The maximum absolute atomic E-state index is 13.9. The number of benzene rings is 2. The Morgan fingerprint density at radius 2 is 1.47 bits per heavy atom. The van der Waals surface area contributed by atoms with Crippen LogP contribution in [-0.4, -0.2) is 26.5 Å². The van der Waals surface area contributed by atoms with Gasteiger partial charge >= 0.3 is 0 Å². The number of hydrogen-bond acceptors (Lipinski definition) is 3. The molecule has 4 heteroatoms. The van der Waals surface area contributed by atoms with E-state index in [1.165, 1.54) is 15.9 Å². The summed E-state index contributed by atoms with van der Waals surface area (Å²) in [6.07, 6.45) is 4.61. The minimum atomic E-state index is -2.63. The third kappa shape index (κ3) is 4.91. The van der Waals surface area contributed by atoms with Crippen molar-refractivity contribution in [3.8, 4) is 0 Å². The van der Waals surface area contributed by atoms with Gasteiger partial charge in [0, 0.05) is 18.6 Å². The van der Waals surface area contributed by atoms with Gasteiger partial charge < -0.3 is 4.43 Å². The van der Waals surface area contributed by atoms with Gasteiger partial charge in [0.05, 0.1) is 5.41 Å². The molecule has 2 aromatic carbocycles. The first kappa shape index (κ1) is 28.7. The topological polar surface area (TPSA) is 43.4 Å². The Balaban J connectivity index is 1.53. The van der Waals surface area contributed by atoms with E-state index in [0.717, 1.165) is 24.8 Å². The summed E-state index contributed by atoms with van der Waals surface area (Å²) in [6, 6.07) is 21.2. The number of ketones is 2. The lowest BCUT2D eigenvalue weighted by molar-refractivity contribution is -0.141. The van der Waals surface area contributed by atoms with Crippen LogP contribution in [-0.2, 0) is 14.0 Å². The van der Waals surface area contributed by atoms with Gasteiger partial charge in [0.25, 0.3) is 8.32 Å². The quantitative estimate of drug-likeness (QED) is 0.198. The van der Waals surface area contributed by atoms with Crippen molar-refractivity contribution in [1.29, 1.82) is 0 Å². The van der Waals surface area contributed by atoms with Crippen LogP contribution in [0.5, 0.6) is 0 Å². The van der Waals surface area contributed by atoms with Crippen LogP contribution in [0.25, 0.3) is 0 Å². The van der Waals surface area contributed by atoms with E-state index in [1.54, 1.807) is 0 Å². The van der Waals surface area contributed by atoms with Gasteiger partial charge in [-0.3, -0.25) is 9.59 Å². The first-order chi connectivity index (χ1) is 17.9. The Morgan fingerprint density at radius 3 is 1.97 bits per heavy atom. The molecule has 0 N–H and O–H groups in total. The van der Waals surface area contributed by atoms with E-state index in [-0.39, 0.29) is 22.0 Å². The van der Waals surface area contributed by atoms with Gasteiger partial charge in [-0.25, -0.2) is 0 Å². The van der Waals surface area contributed by atoms with E-state index < -0.39 is 13.7 Å². The minimum absolute atomic E-state index is 0.0527. The molecule has 0 unspecified atom stereocenters. The Kier molecular flexibility index (Phi) is 8.08. The van der Waals surface area contributed by atoms with E-state index in [4.69, 9.17) is 4.43 Å². The highest BCUT2D eigenvalue weighted by Crippen LogP contribution is 2.56. The highest BCUT2D eigenvalue weighted by atomic mass is 28.4. The standard InChI is InChI=1S/C34H46O3Si/c1-25(2)28-20-21-33(6)22-23-34(7,31(36)30(28)33)29(35)19-14-24-37-38(32(3,4)5,26-15-10-8-11-16-26)27-17-12-9-13-18-27/h8-13,15-18,25H,14,19-24H2,1-7H3/t33-,34+/m1/s1. The molecule has 2 aliphatic carbocycles. The van der Waals surface area contributed by atoms with Crippen LogP contribution in [0.1, 0.15) is 87.0 Å². The average molecular weight is 531 g/mol. The van der Waals surface area contributed by atoms with Crippen LogP contribution < -0.4 is 10.4 Å². The summed E-state index contributed by atoms with van der Waals surface area (Å²) in [4.78, 5) is 27.6. The summed E-state index contributed by atoms with van der Waals surface area (Å²) < 4.78 is 6.99. The number of allylic oxidation sites excluding steroid dienone is 2. The van der Waals surface area contributed by atoms with Crippen molar-refractivity contribution in [3.63, 3.8) is 0 Å². The Bertz CT molecular complexity index is 1150. The van der Waals surface area contributed by atoms with E-state index in [9.17, 15) is 9.59 Å². The first-order valence-electron chi connectivity index (χ1n) is 14.4. The van der Waals surface area contributed by atoms with Gasteiger partial charge in [-0.1, -0.05) is 108 Å². The fourth-order valence-electron chi connectivity index (χ4n) is 6.97. The molecule has 204 valence electrons. The number of rotatable bonds is 9. The van der Waals surface area contributed by atoms with Crippen LogP contribution in [0.15, 0.2) is 71.8 Å². The predicted molar refractivity (Wildman–Crippen MR) is 159 cm³/mol. The number of carbonyl (C=O) groups is 2. The summed E-state index contributed by atoms with van der Waals surface area (Å²) in [5.74, 6) is 0.538. The fourth-order valence-corrected chi connectivity index (χ4v) is 11.6. The molecule has 0 aliphatic heterocycles. The second-order valence-electron chi connectivity index (χ2n) is 13.3. The van der Waals surface area contributed by atoms with E-state index in [1.807, 2.05) is 19.1 Å². The molecule has 0 aromatic heterocycles. The van der Waals surface area contributed by atoms with E-state index in [2.05, 4.69) is 90.1 Å². The van der Waals surface area contributed by atoms with Gasteiger partial charge in [0.1, 0.15) is 5.78 Å². The van der Waals surface area contributed by atoms with Gasteiger partial charge in [-0.15, -0.1) is 0 Å². The van der Waals surface area contributed by atoms with Gasteiger partial charge in [0.15, 0.2) is 5.78 Å². The van der Waals surface area contributed by atoms with Crippen LogP contribution in [0.4, 0.5) is 0 Å². The molecule has 0 spiro atoms. The Hall–Kier alpha value is -2.30. The molecule has 4 rings (SSSR count). The van der Waals surface area contributed by atoms with Crippen molar-refractivity contribution in [2.45, 2.75) is 92.0 Å². The monoisotopic (exact) mass is 530 g/mol. The lowest BCUT2D eigenvalue weighted by atomic mass is 9.60. The molecular formula is C34H46O3Si.